The summed E-state index contributed by atoms with van der Waals surface area (Å²) in [6, 6.07) is 10.5. The molecule has 0 spiro atoms. The highest BCUT2D eigenvalue weighted by Gasteiger charge is 2.26. The predicted molar refractivity (Wildman–Crippen MR) is 116 cm³/mol. The Morgan fingerprint density at radius 3 is 2.35 bits per heavy atom. The molecule has 0 radical (unpaired) electrons. The van der Waals surface area contributed by atoms with Gasteiger partial charge in [-0.25, -0.2) is 8.42 Å². The van der Waals surface area contributed by atoms with Gasteiger partial charge in [0.15, 0.2) is 6.61 Å². The molecule has 11 heteroatoms. The SMILES string of the molecule is O=C(COC(=O)Cc1ccc(Cl)c(Cl)c1)Nc1ccc(S(=O)(=O)N2CCOCC2)cc1. The number of nitrogens with one attached hydrogen (secondary N) is 1. The third-order valence-electron chi connectivity index (χ3n) is 4.44. The Bertz CT molecular complexity index is 1050. The Morgan fingerprint density at radius 1 is 1.03 bits per heavy atom. The normalized spacial score (nSPS) is 14.8. The summed E-state index contributed by atoms with van der Waals surface area (Å²) in [7, 11) is -3.61. The van der Waals surface area contributed by atoms with Crippen LogP contribution in [0.15, 0.2) is 47.4 Å². The molecule has 1 fully saturated rings. The van der Waals surface area contributed by atoms with Crippen LogP contribution in [0.3, 0.4) is 0 Å². The summed E-state index contributed by atoms with van der Waals surface area (Å²) in [6.07, 6.45) is -0.0573. The lowest BCUT2D eigenvalue weighted by Gasteiger charge is -2.26. The number of benzene rings is 2. The lowest BCUT2D eigenvalue weighted by atomic mass is 10.1. The first-order valence-electron chi connectivity index (χ1n) is 9.33. The molecule has 8 nitrogen and oxygen atoms in total. The highest BCUT2D eigenvalue weighted by atomic mass is 35.5. The summed E-state index contributed by atoms with van der Waals surface area (Å²) in [6.45, 7) is 0.838. The number of esters is 1. The average molecular weight is 487 g/mol. The lowest BCUT2D eigenvalue weighted by Crippen LogP contribution is -2.40. The van der Waals surface area contributed by atoms with Crippen molar-refractivity contribution < 1.29 is 27.5 Å². The molecule has 0 aromatic heterocycles. The highest BCUT2D eigenvalue weighted by molar-refractivity contribution is 7.89. The summed E-state index contributed by atoms with van der Waals surface area (Å²) in [4.78, 5) is 24.1. The average Bonchev–Trinajstić information content (AvgIpc) is 2.76. The van der Waals surface area contributed by atoms with Gasteiger partial charge < -0.3 is 14.8 Å². The first kappa shape index (κ1) is 23.5. The van der Waals surface area contributed by atoms with E-state index in [-0.39, 0.29) is 11.3 Å². The molecule has 31 heavy (non-hydrogen) atoms. The molecule has 1 aliphatic rings. The van der Waals surface area contributed by atoms with E-state index in [1.165, 1.54) is 28.6 Å². The van der Waals surface area contributed by atoms with Crippen LogP contribution in [-0.2, 0) is 35.5 Å². The van der Waals surface area contributed by atoms with Gasteiger partial charge in [-0.15, -0.1) is 0 Å². The fraction of sp³-hybridized carbons (Fsp3) is 0.300. The van der Waals surface area contributed by atoms with E-state index in [0.29, 0.717) is 47.6 Å². The van der Waals surface area contributed by atoms with E-state index in [1.807, 2.05) is 0 Å². The monoisotopic (exact) mass is 486 g/mol. The second kappa shape index (κ2) is 10.4. The van der Waals surface area contributed by atoms with Gasteiger partial charge >= 0.3 is 5.97 Å². The third kappa shape index (κ3) is 6.41. The van der Waals surface area contributed by atoms with Crippen LogP contribution in [-0.4, -0.2) is 57.5 Å². The number of nitrogens with zero attached hydrogens (tertiary/aromatic N) is 1. The van der Waals surface area contributed by atoms with Crippen molar-refractivity contribution in [1.82, 2.24) is 4.31 Å². The summed E-state index contributed by atoms with van der Waals surface area (Å²) < 4.78 is 36.7. The van der Waals surface area contributed by atoms with Crippen LogP contribution < -0.4 is 5.32 Å². The van der Waals surface area contributed by atoms with Crippen LogP contribution in [0.2, 0.25) is 10.0 Å². The van der Waals surface area contributed by atoms with E-state index in [0.717, 1.165) is 0 Å². The largest absolute Gasteiger partial charge is 0.455 e. The number of sulfonamides is 1. The summed E-state index contributed by atoms with van der Waals surface area (Å²) >= 11 is 11.7. The molecule has 2 aromatic carbocycles. The Hall–Kier alpha value is -2.17. The highest BCUT2D eigenvalue weighted by Crippen LogP contribution is 2.23. The Balaban J connectivity index is 1.50. The number of halogens is 2. The van der Waals surface area contributed by atoms with Crippen LogP contribution >= 0.6 is 23.2 Å². The van der Waals surface area contributed by atoms with Crippen LogP contribution in [0.1, 0.15) is 5.56 Å². The Kier molecular flexibility index (Phi) is 7.90. The summed E-state index contributed by atoms with van der Waals surface area (Å²) in [5.41, 5.74) is 0.989. The lowest BCUT2D eigenvalue weighted by molar-refractivity contribution is -0.146. The Morgan fingerprint density at radius 2 is 1.71 bits per heavy atom. The zero-order chi connectivity index (χ0) is 22.4. The number of hydrogen-bond donors (Lipinski definition) is 1. The number of morpholine rings is 1. The topological polar surface area (TPSA) is 102 Å². The second-order valence-corrected chi connectivity index (χ2v) is 9.43. The van der Waals surface area contributed by atoms with E-state index >= 15 is 0 Å². The van der Waals surface area contributed by atoms with Gasteiger partial charge in [0.1, 0.15) is 0 Å². The molecule has 1 heterocycles. The maximum Gasteiger partial charge on any atom is 0.310 e. The minimum absolute atomic E-state index is 0.0573. The van der Waals surface area contributed by atoms with Gasteiger partial charge in [-0.2, -0.15) is 4.31 Å². The molecule has 1 amide bonds. The molecule has 0 unspecified atom stereocenters. The molecule has 3 rings (SSSR count). The molecule has 1 saturated heterocycles. The molecule has 0 aliphatic carbocycles. The fourth-order valence-electron chi connectivity index (χ4n) is 2.86. The van der Waals surface area contributed by atoms with E-state index in [4.69, 9.17) is 32.7 Å². The smallest absolute Gasteiger partial charge is 0.310 e. The molecular formula is C20H20Cl2N2O6S. The van der Waals surface area contributed by atoms with Crippen molar-refractivity contribution in [1.29, 1.82) is 0 Å². The van der Waals surface area contributed by atoms with Gasteiger partial charge in [-0.1, -0.05) is 29.3 Å². The maximum absolute atomic E-state index is 12.6. The number of hydrogen-bond acceptors (Lipinski definition) is 6. The van der Waals surface area contributed by atoms with Gasteiger partial charge in [0.05, 0.1) is 34.6 Å². The number of rotatable bonds is 7. The number of carbonyl (C=O) groups is 2. The van der Waals surface area contributed by atoms with Crippen molar-refractivity contribution in [2.45, 2.75) is 11.3 Å². The van der Waals surface area contributed by atoms with Crippen molar-refractivity contribution in [3.63, 3.8) is 0 Å². The maximum atomic E-state index is 12.6. The van der Waals surface area contributed by atoms with E-state index in [9.17, 15) is 18.0 Å². The van der Waals surface area contributed by atoms with Crippen molar-refractivity contribution in [2.24, 2.45) is 0 Å². The third-order valence-corrected chi connectivity index (χ3v) is 7.09. The zero-order valence-electron chi connectivity index (χ0n) is 16.3. The minimum atomic E-state index is -3.61. The zero-order valence-corrected chi connectivity index (χ0v) is 18.7. The van der Waals surface area contributed by atoms with Crippen LogP contribution in [0.25, 0.3) is 0 Å². The first-order chi connectivity index (χ1) is 14.8. The molecular weight excluding hydrogens is 467 g/mol. The van der Waals surface area contributed by atoms with Crippen molar-refractivity contribution in [3.8, 4) is 0 Å². The van der Waals surface area contributed by atoms with Crippen molar-refractivity contribution in [2.75, 3.05) is 38.2 Å². The van der Waals surface area contributed by atoms with Crippen molar-refractivity contribution in [3.05, 3.63) is 58.1 Å². The van der Waals surface area contributed by atoms with Gasteiger partial charge in [-0.05, 0) is 42.0 Å². The predicted octanol–water partition coefficient (Wildman–Crippen LogP) is 2.74. The number of ether oxygens (including phenoxy) is 2. The van der Waals surface area contributed by atoms with Gasteiger partial charge in [0.2, 0.25) is 10.0 Å². The molecule has 1 aliphatic heterocycles. The molecule has 1 N–H and O–H groups in total. The number of amides is 1. The molecule has 0 bridgehead atoms. The van der Waals surface area contributed by atoms with Gasteiger partial charge in [0, 0.05) is 18.8 Å². The molecule has 166 valence electrons. The number of anilines is 1. The first-order valence-corrected chi connectivity index (χ1v) is 11.5. The second-order valence-electron chi connectivity index (χ2n) is 6.67. The van der Waals surface area contributed by atoms with E-state index in [1.54, 1.807) is 18.2 Å². The summed E-state index contributed by atoms with van der Waals surface area (Å²) in [5.74, 6) is -1.15. The van der Waals surface area contributed by atoms with Gasteiger partial charge in [0.25, 0.3) is 5.91 Å². The van der Waals surface area contributed by atoms with E-state index in [2.05, 4.69) is 5.32 Å². The fourth-order valence-corrected chi connectivity index (χ4v) is 4.59. The Labute approximate surface area is 190 Å². The van der Waals surface area contributed by atoms with Gasteiger partial charge in [-0.3, -0.25) is 9.59 Å². The van der Waals surface area contributed by atoms with Crippen LogP contribution in [0.4, 0.5) is 5.69 Å². The molecule has 0 atom stereocenters. The standard InChI is InChI=1S/C20H20Cl2N2O6S/c21-17-6-1-14(11-18(17)22)12-20(26)30-13-19(25)23-15-2-4-16(5-3-15)31(27,28)24-7-9-29-10-8-24/h1-6,11H,7-10,12-13H2,(H,23,25). The quantitative estimate of drug-likeness (QED) is 0.603. The summed E-state index contributed by atoms with van der Waals surface area (Å²) in [5, 5.41) is 3.25. The minimum Gasteiger partial charge on any atom is -0.455 e. The van der Waals surface area contributed by atoms with Crippen molar-refractivity contribution >= 4 is 50.8 Å². The van der Waals surface area contributed by atoms with Crippen LogP contribution in [0, 0.1) is 0 Å². The van der Waals surface area contributed by atoms with Crippen LogP contribution in [0.5, 0.6) is 0 Å². The molecule has 2 aromatic rings. The number of carbonyl (C=O) groups excluding carboxylic acids is 2. The van der Waals surface area contributed by atoms with E-state index < -0.39 is 28.5 Å². The molecule has 0 saturated carbocycles.